The van der Waals surface area contributed by atoms with Crippen molar-refractivity contribution in [2.75, 3.05) is 26.2 Å². The molecule has 4 fully saturated rings. The van der Waals surface area contributed by atoms with Gasteiger partial charge in [0.25, 0.3) is 0 Å². The van der Waals surface area contributed by atoms with E-state index in [0.29, 0.717) is 24.0 Å². The molecule has 7 atom stereocenters. The number of morpholine rings is 1. The third kappa shape index (κ3) is 3.78. The minimum absolute atomic E-state index is 0.165. The van der Waals surface area contributed by atoms with E-state index in [2.05, 4.69) is 39.5 Å². The number of hydrogen-bond acceptors (Lipinski definition) is 4. The predicted molar refractivity (Wildman–Crippen MR) is 121 cm³/mol. The van der Waals surface area contributed by atoms with Crippen LogP contribution in [0.25, 0.3) is 0 Å². The van der Waals surface area contributed by atoms with Crippen molar-refractivity contribution >= 4 is 0 Å². The first-order valence-corrected chi connectivity index (χ1v) is 12.6. The third-order valence-corrected chi connectivity index (χ3v) is 9.90. The Morgan fingerprint density at radius 1 is 1.20 bits per heavy atom. The smallest absolute Gasteiger partial charge is 0.170 e. The van der Waals surface area contributed by atoms with E-state index in [1.165, 1.54) is 32.1 Å². The topological polar surface area (TPSA) is 41.9 Å². The van der Waals surface area contributed by atoms with Crippen LogP contribution in [0.3, 0.4) is 0 Å². The summed E-state index contributed by atoms with van der Waals surface area (Å²) in [6.07, 6.45) is 8.12. The fraction of sp³-hybridized carbons (Fsp3) is 1.00. The Morgan fingerprint density at radius 2 is 1.93 bits per heavy atom. The number of β-amino-alcohol motifs (C(OH)–C–C–N with tert-alkyl or cyclic N) is 1. The van der Waals surface area contributed by atoms with Crippen molar-refractivity contribution in [1.82, 2.24) is 4.90 Å². The molecule has 1 heterocycles. The number of nitrogens with zero attached hydrogens (tertiary/aromatic N) is 1. The maximum absolute atomic E-state index is 10.2. The molecule has 4 aliphatic rings. The predicted octanol–water partition coefficient (Wildman–Crippen LogP) is 5.09. The lowest BCUT2D eigenvalue weighted by atomic mass is 9.51. The Balaban J connectivity index is 1.43. The normalized spacial score (nSPS) is 44.8. The molecule has 0 bridgehead atoms. The van der Waals surface area contributed by atoms with Crippen LogP contribution in [0.4, 0.5) is 0 Å². The first-order valence-electron chi connectivity index (χ1n) is 12.6. The van der Waals surface area contributed by atoms with Gasteiger partial charge in [-0.25, -0.2) is 0 Å². The largest absolute Gasteiger partial charge is 0.389 e. The van der Waals surface area contributed by atoms with Gasteiger partial charge in [-0.1, -0.05) is 41.0 Å². The number of rotatable bonds is 6. The molecule has 174 valence electrons. The molecule has 30 heavy (non-hydrogen) atoms. The van der Waals surface area contributed by atoms with Gasteiger partial charge in [0, 0.05) is 19.6 Å². The minimum Gasteiger partial charge on any atom is -0.389 e. The van der Waals surface area contributed by atoms with Gasteiger partial charge in [0.15, 0.2) is 6.29 Å². The van der Waals surface area contributed by atoms with E-state index < -0.39 is 5.60 Å². The van der Waals surface area contributed by atoms with Gasteiger partial charge >= 0.3 is 0 Å². The Morgan fingerprint density at radius 3 is 2.60 bits per heavy atom. The van der Waals surface area contributed by atoms with Crippen LogP contribution in [0.2, 0.25) is 0 Å². The van der Waals surface area contributed by atoms with Crippen LogP contribution in [0.5, 0.6) is 0 Å². The monoisotopic (exact) mass is 421 g/mol. The second-order valence-electron chi connectivity index (χ2n) is 12.7. The van der Waals surface area contributed by atoms with E-state index in [4.69, 9.17) is 9.47 Å². The van der Waals surface area contributed by atoms with Crippen molar-refractivity contribution in [3.05, 3.63) is 0 Å². The van der Waals surface area contributed by atoms with Crippen LogP contribution in [-0.4, -0.2) is 54.2 Å². The van der Waals surface area contributed by atoms with Gasteiger partial charge in [-0.2, -0.15) is 0 Å². The SMILES string of the molecule is CCC(C)C1CCC2C(C)(C)C(OC3CN(CC(C)(C)O)CCO3)CCC23CC13C. The van der Waals surface area contributed by atoms with Gasteiger partial charge in [0.2, 0.25) is 0 Å². The highest BCUT2D eigenvalue weighted by atomic mass is 16.7. The fourth-order valence-electron chi connectivity index (χ4n) is 8.26. The molecule has 1 saturated heterocycles. The van der Waals surface area contributed by atoms with Gasteiger partial charge in [-0.3, -0.25) is 4.90 Å². The first kappa shape index (κ1) is 23.0. The lowest BCUT2D eigenvalue weighted by Gasteiger charge is -2.56. The summed E-state index contributed by atoms with van der Waals surface area (Å²) in [5, 5.41) is 10.2. The quantitative estimate of drug-likeness (QED) is 0.649. The zero-order valence-electron chi connectivity index (χ0n) is 20.7. The van der Waals surface area contributed by atoms with Crippen molar-refractivity contribution in [3.63, 3.8) is 0 Å². The van der Waals surface area contributed by atoms with Gasteiger partial charge in [-0.15, -0.1) is 0 Å². The lowest BCUT2D eigenvalue weighted by molar-refractivity contribution is -0.245. The first-order chi connectivity index (χ1) is 13.9. The van der Waals surface area contributed by atoms with Crippen molar-refractivity contribution in [2.24, 2.45) is 34.0 Å². The third-order valence-electron chi connectivity index (χ3n) is 9.90. The average molecular weight is 422 g/mol. The Hall–Kier alpha value is -0.160. The van der Waals surface area contributed by atoms with Gasteiger partial charge in [-0.05, 0) is 80.0 Å². The molecule has 3 aliphatic carbocycles. The van der Waals surface area contributed by atoms with Gasteiger partial charge in [0.1, 0.15) is 0 Å². The minimum atomic E-state index is -0.678. The van der Waals surface area contributed by atoms with E-state index in [1.807, 2.05) is 13.8 Å². The molecule has 4 nitrogen and oxygen atoms in total. The Labute approximate surface area is 185 Å². The van der Waals surface area contributed by atoms with E-state index in [9.17, 15) is 5.11 Å². The number of hydrogen-bond donors (Lipinski definition) is 1. The second kappa shape index (κ2) is 7.71. The van der Waals surface area contributed by atoms with Crippen LogP contribution in [0.15, 0.2) is 0 Å². The van der Waals surface area contributed by atoms with Crippen molar-refractivity contribution in [3.8, 4) is 0 Å². The Kier molecular flexibility index (Phi) is 5.92. The summed E-state index contributed by atoms with van der Waals surface area (Å²) in [7, 11) is 0. The summed E-state index contributed by atoms with van der Waals surface area (Å²) in [4.78, 5) is 2.29. The highest BCUT2D eigenvalue weighted by molar-refractivity contribution is 5.24. The number of ether oxygens (including phenoxy) is 2. The summed E-state index contributed by atoms with van der Waals surface area (Å²) in [6.45, 7) is 19.2. The highest BCUT2D eigenvalue weighted by Crippen LogP contribution is 2.82. The molecule has 4 heteroatoms. The molecule has 7 unspecified atom stereocenters. The second-order valence-corrected chi connectivity index (χ2v) is 12.7. The molecular formula is C26H47NO3. The zero-order chi connectivity index (χ0) is 21.9. The van der Waals surface area contributed by atoms with Crippen molar-refractivity contribution in [2.45, 2.75) is 105 Å². The van der Waals surface area contributed by atoms with Crippen LogP contribution >= 0.6 is 0 Å². The van der Waals surface area contributed by atoms with Crippen LogP contribution < -0.4 is 0 Å². The van der Waals surface area contributed by atoms with Crippen molar-refractivity contribution in [1.29, 1.82) is 0 Å². The molecule has 1 spiro atoms. The zero-order valence-corrected chi connectivity index (χ0v) is 20.7. The molecule has 0 radical (unpaired) electrons. The molecule has 0 aromatic heterocycles. The van der Waals surface area contributed by atoms with Crippen molar-refractivity contribution < 1.29 is 14.6 Å². The summed E-state index contributed by atoms with van der Waals surface area (Å²) in [5.41, 5.74) is 0.628. The summed E-state index contributed by atoms with van der Waals surface area (Å²) in [6, 6.07) is 0. The molecule has 1 aliphatic heterocycles. The highest BCUT2D eigenvalue weighted by Gasteiger charge is 2.75. The molecule has 1 N–H and O–H groups in total. The molecular weight excluding hydrogens is 374 g/mol. The maximum Gasteiger partial charge on any atom is 0.170 e. The van der Waals surface area contributed by atoms with E-state index in [1.54, 1.807) is 0 Å². The maximum atomic E-state index is 10.2. The standard InChI is InChI=1S/C26H47NO3/c1-8-18(2)19-9-10-20-24(5,6)21(11-12-26(20)16-25(19,26)7)30-22-15-27(13-14-29-22)17-23(3,4)28/h18-22,28H,8-17H2,1-7H3. The van der Waals surface area contributed by atoms with Gasteiger partial charge < -0.3 is 14.6 Å². The average Bonchev–Trinajstić information content (AvgIpc) is 3.27. The number of aliphatic hydroxyl groups is 1. The molecule has 0 aromatic carbocycles. The van der Waals surface area contributed by atoms with E-state index >= 15 is 0 Å². The summed E-state index contributed by atoms with van der Waals surface area (Å²) >= 11 is 0. The fourth-order valence-corrected chi connectivity index (χ4v) is 8.26. The lowest BCUT2D eigenvalue weighted by Crippen LogP contribution is -2.55. The van der Waals surface area contributed by atoms with E-state index in [0.717, 1.165) is 37.3 Å². The molecule has 4 rings (SSSR count). The Bertz CT molecular complexity index is 628. The summed E-state index contributed by atoms with van der Waals surface area (Å²) in [5.74, 6) is 2.53. The van der Waals surface area contributed by atoms with E-state index in [-0.39, 0.29) is 17.8 Å². The van der Waals surface area contributed by atoms with Crippen LogP contribution in [-0.2, 0) is 9.47 Å². The summed E-state index contributed by atoms with van der Waals surface area (Å²) < 4.78 is 12.7. The van der Waals surface area contributed by atoms with Gasteiger partial charge in [0.05, 0.1) is 18.3 Å². The molecule has 0 amide bonds. The van der Waals surface area contributed by atoms with Crippen LogP contribution in [0.1, 0.15) is 87.0 Å². The molecule has 3 saturated carbocycles. The van der Waals surface area contributed by atoms with Crippen LogP contribution in [0, 0.1) is 34.0 Å². The molecule has 0 aromatic rings.